The average Bonchev–Trinajstić information content (AvgIpc) is 2.75. The van der Waals surface area contributed by atoms with Crippen LogP contribution in [0.2, 0.25) is 0 Å². The van der Waals surface area contributed by atoms with E-state index in [4.69, 9.17) is 0 Å². The first-order valence-electron chi connectivity index (χ1n) is 6.39. The fourth-order valence-corrected chi connectivity index (χ4v) is 3.00. The molecule has 3 nitrogen and oxygen atoms in total. The first-order chi connectivity index (χ1) is 7.72. The van der Waals surface area contributed by atoms with E-state index in [0.29, 0.717) is 11.8 Å². The molecule has 16 heavy (non-hydrogen) atoms. The fraction of sp³-hybridized carbons (Fsp3) is 0.769. The summed E-state index contributed by atoms with van der Waals surface area (Å²) in [6.45, 7) is 2.24. The van der Waals surface area contributed by atoms with E-state index in [1.54, 1.807) is 10.9 Å². The summed E-state index contributed by atoms with van der Waals surface area (Å²) in [5, 5.41) is 14.5. The maximum atomic E-state index is 10.4. The summed E-state index contributed by atoms with van der Waals surface area (Å²) in [6.07, 6.45) is 9.62. The van der Waals surface area contributed by atoms with Gasteiger partial charge in [0.1, 0.15) is 0 Å². The number of rotatable bonds is 3. The second kappa shape index (κ2) is 5.00. The van der Waals surface area contributed by atoms with Crippen LogP contribution in [0, 0.1) is 11.8 Å². The Morgan fingerprint density at radius 2 is 2.25 bits per heavy atom. The van der Waals surface area contributed by atoms with Crippen LogP contribution in [-0.4, -0.2) is 14.9 Å². The minimum Gasteiger partial charge on any atom is -0.388 e. The number of aryl methyl sites for hydroxylation is 1. The molecule has 2 rings (SSSR count). The molecule has 1 N–H and O–H groups in total. The molecule has 0 aliphatic heterocycles. The molecule has 1 saturated carbocycles. The summed E-state index contributed by atoms with van der Waals surface area (Å²) < 4.78 is 1.77. The van der Waals surface area contributed by atoms with Crippen LogP contribution < -0.4 is 0 Å². The Balaban J connectivity index is 2.10. The van der Waals surface area contributed by atoms with Crippen molar-refractivity contribution in [2.24, 2.45) is 18.9 Å². The van der Waals surface area contributed by atoms with Crippen LogP contribution in [0.1, 0.15) is 50.7 Å². The van der Waals surface area contributed by atoms with E-state index in [9.17, 15) is 5.11 Å². The van der Waals surface area contributed by atoms with Crippen molar-refractivity contribution in [2.45, 2.75) is 45.1 Å². The largest absolute Gasteiger partial charge is 0.388 e. The molecule has 0 bridgehead atoms. The summed E-state index contributed by atoms with van der Waals surface area (Å²) >= 11 is 0. The maximum Gasteiger partial charge on any atom is 0.0851 e. The Bertz CT molecular complexity index is 334. The minimum absolute atomic E-state index is 0.320. The van der Waals surface area contributed by atoms with Gasteiger partial charge in [0.05, 0.1) is 12.3 Å². The molecule has 1 fully saturated rings. The summed E-state index contributed by atoms with van der Waals surface area (Å²) in [5.74, 6) is 1.12. The van der Waals surface area contributed by atoms with Crippen molar-refractivity contribution in [3.63, 3.8) is 0 Å². The molecular formula is C13H22N2O. The molecule has 3 atom stereocenters. The molecule has 1 aliphatic rings. The Morgan fingerprint density at radius 3 is 2.88 bits per heavy atom. The monoisotopic (exact) mass is 222 g/mol. The van der Waals surface area contributed by atoms with Crippen LogP contribution in [0.3, 0.4) is 0 Å². The summed E-state index contributed by atoms with van der Waals surface area (Å²) in [5.41, 5.74) is 0.979. The minimum atomic E-state index is -0.320. The van der Waals surface area contributed by atoms with Crippen molar-refractivity contribution in [2.75, 3.05) is 0 Å². The molecule has 0 amide bonds. The van der Waals surface area contributed by atoms with Gasteiger partial charge in [-0.1, -0.05) is 32.6 Å². The lowest BCUT2D eigenvalue weighted by molar-refractivity contribution is 0.0451. The SMILES string of the molecule is CCC1CCCCC1C(O)c1cnn(C)c1. The highest BCUT2D eigenvalue weighted by atomic mass is 16.3. The van der Waals surface area contributed by atoms with E-state index >= 15 is 0 Å². The van der Waals surface area contributed by atoms with Crippen molar-refractivity contribution >= 4 is 0 Å². The molecule has 1 aromatic rings. The zero-order valence-electron chi connectivity index (χ0n) is 10.3. The molecule has 1 heterocycles. The smallest absolute Gasteiger partial charge is 0.0851 e. The normalized spacial score (nSPS) is 27.9. The number of aliphatic hydroxyl groups excluding tert-OH is 1. The lowest BCUT2D eigenvalue weighted by Gasteiger charge is -2.33. The van der Waals surface area contributed by atoms with E-state index in [2.05, 4.69) is 12.0 Å². The third-order valence-corrected chi connectivity index (χ3v) is 3.96. The number of aliphatic hydroxyl groups is 1. The van der Waals surface area contributed by atoms with Crippen LogP contribution in [0.4, 0.5) is 0 Å². The Kier molecular flexibility index (Phi) is 3.64. The standard InChI is InChI=1S/C13H22N2O/c1-3-10-6-4-5-7-12(10)13(16)11-8-14-15(2)9-11/h8-10,12-13,16H,3-7H2,1-2H3. The first-order valence-corrected chi connectivity index (χ1v) is 6.39. The van der Waals surface area contributed by atoms with E-state index in [1.165, 1.54) is 25.7 Å². The van der Waals surface area contributed by atoms with Crippen molar-refractivity contribution < 1.29 is 5.11 Å². The van der Waals surface area contributed by atoms with Gasteiger partial charge in [0, 0.05) is 18.8 Å². The van der Waals surface area contributed by atoms with Crippen LogP contribution in [0.15, 0.2) is 12.4 Å². The maximum absolute atomic E-state index is 10.4. The predicted molar refractivity (Wildman–Crippen MR) is 63.9 cm³/mol. The van der Waals surface area contributed by atoms with Gasteiger partial charge in [0.15, 0.2) is 0 Å². The molecule has 1 aliphatic carbocycles. The van der Waals surface area contributed by atoms with Crippen LogP contribution in [-0.2, 0) is 7.05 Å². The number of nitrogens with zero attached hydrogens (tertiary/aromatic N) is 2. The summed E-state index contributed by atoms with van der Waals surface area (Å²) in [7, 11) is 1.90. The highest BCUT2D eigenvalue weighted by Gasteiger charge is 2.30. The second-order valence-corrected chi connectivity index (χ2v) is 5.01. The number of aromatic nitrogens is 2. The third-order valence-electron chi connectivity index (χ3n) is 3.96. The molecule has 3 unspecified atom stereocenters. The fourth-order valence-electron chi connectivity index (χ4n) is 3.00. The van der Waals surface area contributed by atoms with Gasteiger partial charge in [0.2, 0.25) is 0 Å². The molecule has 0 radical (unpaired) electrons. The van der Waals surface area contributed by atoms with E-state index in [0.717, 1.165) is 12.0 Å². The molecule has 0 aromatic carbocycles. The van der Waals surface area contributed by atoms with Gasteiger partial charge in [-0.15, -0.1) is 0 Å². The van der Waals surface area contributed by atoms with Crippen molar-refractivity contribution in [3.8, 4) is 0 Å². The van der Waals surface area contributed by atoms with Gasteiger partial charge in [-0.25, -0.2) is 0 Å². The lowest BCUT2D eigenvalue weighted by atomic mass is 9.74. The van der Waals surface area contributed by atoms with Crippen LogP contribution in [0.5, 0.6) is 0 Å². The van der Waals surface area contributed by atoms with Gasteiger partial charge in [0.25, 0.3) is 0 Å². The van der Waals surface area contributed by atoms with E-state index in [1.807, 2.05) is 13.2 Å². The topological polar surface area (TPSA) is 38.1 Å². The molecule has 1 aromatic heterocycles. The van der Waals surface area contributed by atoms with Gasteiger partial charge in [-0.3, -0.25) is 4.68 Å². The van der Waals surface area contributed by atoms with Crippen molar-refractivity contribution in [1.29, 1.82) is 0 Å². The first kappa shape index (κ1) is 11.6. The lowest BCUT2D eigenvalue weighted by Crippen LogP contribution is -2.25. The average molecular weight is 222 g/mol. The summed E-state index contributed by atoms with van der Waals surface area (Å²) in [4.78, 5) is 0. The Labute approximate surface area is 97.5 Å². The zero-order valence-corrected chi connectivity index (χ0v) is 10.3. The number of hydrogen-bond donors (Lipinski definition) is 1. The molecule has 3 heteroatoms. The predicted octanol–water partition coefficient (Wildman–Crippen LogP) is 2.67. The van der Waals surface area contributed by atoms with Gasteiger partial charge in [-0.05, 0) is 18.3 Å². The molecule has 0 saturated heterocycles. The molecule has 0 spiro atoms. The van der Waals surface area contributed by atoms with Gasteiger partial charge in [-0.2, -0.15) is 5.10 Å². The quantitative estimate of drug-likeness (QED) is 0.853. The highest BCUT2D eigenvalue weighted by molar-refractivity contribution is 5.09. The third kappa shape index (κ3) is 2.29. The van der Waals surface area contributed by atoms with Crippen LogP contribution >= 0.6 is 0 Å². The van der Waals surface area contributed by atoms with Gasteiger partial charge < -0.3 is 5.11 Å². The highest BCUT2D eigenvalue weighted by Crippen LogP contribution is 2.39. The molecular weight excluding hydrogens is 200 g/mol. The summed E-state index contributed by atoms with van der Waals surface area (Å²) in [6, 6.07) is 0. The van der Waals surface area contributed by atoms with Crippen molar-refractivity contribution in [3.05, 3.63) is 18.0 Å². The Morgan fingerprint density at radius 1 is 1.50 bits per heavy atom. The van der Waals surface area contributed by atoms with E-state index < -0.39 is 0 Å². The molecule has 90 valence electrons. The van der Waals surface area contributed by atoms with Crippen LogP contribution in [0.25, 0.3) is 0 Å². The van der Waals surface area contributed by atoms with Crippen molar-refractivity contribution in [1.82, 2.24) is 9.78 Å². The van der Waals surface area contributed by atoms with E-state index in [-0.39, 0.29) is 6.10 Å². The van der Waals surface area contributed by atoms with Gasteiger partial charge >= 0.3 is 0 Å². The number of hydrogen-bond acceptors (Lipinski definition) is 2. The zero-order chi connectivity index (χ0) is 11.5. The second-order valence-electron chi connectivity index (χ2n) is 5.01. The Hall–Kier alpha value is -0.830.